The van der Waals surface area contributed by atoms with E-state index in [0.717, 1.165) is 43.9 Å². The van der Waals surface area contributed by atoms with E-state index in [-0.39, 0.29) is 5.91 Å². The Hall–Kier alpha value is -2.37. The molecule has 2 aromatic rings. The number of rotatable bonds is 2. The Morgan fingerprint density at radius 1 is 0.880 bits per heavy atom. The lowest BCUT2D eigenvalue weighted by Crippen LogP contribution is -2.30. The molecule has 2 aliphatic rings. The monoisotopic (exact) mass is 339 g/mol. The summed E-state index contributed by atoms with van der Waals surface area (Å²) in [5.41, 5.74) is 3.00. The predicted octanol–water partition coefficient (Wildman–Crippen LogP) is 2.70. The van der Waals surface area contributed by atoms with E-state index in [0.29, 0.717) is 6.54 Å². The highest BCUT2D eigenvalue weighted by Gasteiger charge is 2.21. The van der Waals surface area contributed by atoms with E-state index in [1.807, 2.05) is 21.7 Å². The molecule has 0 saturated carbocycles. The number of amides is 1. The number of fused-ring (bicyclic) bond motifs is 1. The van der Waals surface area contributed by atoms with Crippen molar-refractivity contribution in [3.05, 3.63) is 41.7 Å². The second kappa shape index (κ2) is 7.25. The van der Waals surface area contributed by atoms with Gasteiger partial charge in [0.25, 0.3) is 5.91 Å². The van der Waals surface area contributed by atoms with Gasteiger partial charge in [-0.15, -0.1) is 5.10 Å². The summed E-state index contributed by atoms with van der Waals surface area (Å²) in [6.07, 6.45) is 7.84. The zero-order valence-electron chi connectivity index (χ0n) is 14.6. The average Bonchev–Trinajstić information content (AvgIpc) is 2.85. The SMILES string of the molecule is O=C(c1ccc(N2CCCCCC2)cc1)N1CCCn2nncc2C1. The highest BCUT2D eigenvalue weighted by molar-refractivity contribution is 5.94. The maximum atomic E-state index is 12.9. The number of hydrogen-bond donors (Lipinski definition) is 0. The van der Waals surface area contributed by atoms with Crippen molar-refractivity contribution < 1.29 is 4.79 Å². The predicted molar refractivity (Wildman–Crippen MR) is 96.5 cm³/mol. The molecule has 2 aliphatic heterocycles. The van der Waals surface area contributed by atoms with E-state index in [4.69, 9.17) is 0 Å². The number of anilines is 1. The van der Waals surface area contributed by atoms with Crippen LogP contribution in [0.25, 0.3) is 0 Å². The first-order valence-electron chi connectivity index (χ1n) is 9.33. The minimum Gasteiger partial charge on any atom is -0.372 e. The molecule has 1 aromatic heterocycles. The van der Waals surface area contributed by atoms with Crippen molar-refractivity contribution in [2.24, 2.45) is 0 Å². The Morgan fingerprint density at radius 2 is 1.64 bits per heavy atom. The van der Waals surface area contributed by atoms with Gasteiger partial charge < -0.3 is 9.80 Å². The minimum absolute atomic E-state index is 0.0945. The molecule has 0 spiro atoms. The first-order valence-corrected chi connectivity index (χ1v) is 9.33. The Labute approximate surface area is 148 Å². The summed E-state index contributed by atoms with van der Waals surface area (Å²) >= 11 is 0. The Kier molecular flexibility index (Phi) is 4.68. The number of carbonyl (C=O) groups excluding carboxylic acids is 1. The standard InChI is InChI=1S/C19H25N5O/c25-19(23-12-5-13-24-18(15-23)14-20-21-24)16-6-8-17(9-7-16)22-10-3-1-2-4-11-22/h6-9,14H,1-5,10-13,15H2. The Balaban J connectivity index is 1.47. The quantitative estimate of drug-likeness (QED) is 0.844. The molecule has 0 atom stereocenters. The van der Waals surface area contributed by atoms with Gasteiger partial charge >= 0.3 is 0 Å². The average molecular weight is 339 g/mol. The van der Waals surface area contributed by atoms with E-state index in [2.05, 4.69) is 27.3 Å². The largest absolute Gasteiger partial charge is 0.372 e. The van der Waals surface area contributed by atoms with E-state index in [1.54, 1.807) is 6.20 Å². The van der Waals surface area contributed by atoms with E-state index < -0.39 is 0 Å². The van der Waals surface area contributed by atoms with Crippen LogP contribution in [0.15, 0.2) is 30.5 Å². The second-order valence-electron chi connectivity index (χ2n) is 6.98. The van der Waals surface area contributed by atoms with Crippen LogP contribution in [0.2, 0.25) is 0 Å². The molecule has 0 bridgehead atoms. The molecule has 132 valence electrons. The minimum atomic E-state index is 0.0945. The number of aryl methyl sites for hydroxylation is 1. The van der Waals surface area contributed by atoms with Crippen LogP contribution in [0.3, 0.4) is 0 Å². The fraction of sp³-hybridized carbons (Fsp3) is 0.526. The summed E-state index contributed by atoms with van der Waals surface area (Å²) in [4.78, 5) is 17.2. The van der Waals surface area contributed by atoms with Crippen LogP contribution in [0.1, 0.15) is 48.2 Å². The van der Waals surface area contributed by atoms with Crippen molar-refractivity contribution in [1.29, 1.82) is 0 Å². The maximum absolute atomic E-state index is 12.9. The normalized spacial score (nSPS) is 18.4. The van der Waals surface area contributed by atoms with E-state index in [9.17, 15) is 4.79 Å². The molecule has 0 aliphatic carbocycles. The fourth-order valence-electron chi connectivity index (χ4n) is 3.78. The van der Waals surface area contributed by atoms with Crippen molar-refractivity contribution in [3.8, 4) is 0 Å². The number of aromatic nitrogens is 3. The van der Waals surface area contributed by atoms with Crippen LogP contribution in [-0.4, -0.2) is 45.4 Å². The van der Waals surface area contributed by atoms with Crippen LogP contribution in [0.5, 0.6) is 0 Å². The van der Waals surface area contributed by atoms with Gasteiger partial charge in [-0.25, -0.2) is 4.68 Å². The molecule has 1 aromatic carbocycles. The molecular formula is C19H25N5O. The van der Waals surface area contributed by atoms with Crippen molar-refractivity contribution in [2.45, 2.75) is 45.2 Å². The van der Waals surface area contributed by atoms with Gasteiger partial charge in [-0.05, 0) is 43.5 Å². The topological polar surface area (TPSA) is 54.3 Å². The molecule has 6 nitrogen and oxygen atoms in total. The molecule has 1 fully saturated rings. The summed E-state index contributed by atoms with van der Waals surface area (Å²) in [5, 5.41) is 8.03. The molecule has 0 unspecified atom stereocenters. The van der Waals surface area contributed by atoms with Gasteiger partial charge in [-0.2, -0.15) is 0 Å². The second-order valence-corrected chi connectivity index (χ2v) is 6.98. The van der Waals surface area contributed by atoms with Gasteiger partial charge in [-0.1, -0.05) is 18.1 Å². The highest BCUT2D eigenvalue weighted by atomic mass is 16.2. The first kappa shape index (κ1) is 16.1. The number of hydrogen-bond acceptors (Lipinski definition) is 4. The van der Waals surface area contributed by atoms with Crippen LogP contribution >= 0.6 is 0 Å². The molecular weight excluding hydrogens is 314 g/mol. The summed E-state index contributed by atoms with van der Waals surface area (Å²) in [6.45, 7) is 4.41. The lowest BCUT2D eigenvalue weighted by molar-refractivity contribution is 0.0745. The third kappa shape index (κ3) is 3.52. The molecule has 3 heterocycles. The van der Waals surface area contributed by atoms with Crippen LogP contribution < -0.4 is 4.90 Å². The molecule has 25 heavy (non-hydrogen) atoms. The Bertz CT molecular complexity index is 716. The van der Waals surface area contributed by atoms with E-state index >= 15 is 0 Å². The number of benzene rings is 1. The molecule has 1 saturated heterocycles. The summed E-state index contributed by atoms with van der Waals surface area (Å²) in [6, 6.07) is 8.15. The number of nitrogens with zero attached hydrogens (tertiary/aromatic N) is 5. The lowest BCUT2D eigenvalue weighted by Gasteiger charge is -2.24. The maximum Gasteiger partial charge on any atom is 0.254 e. The van der Waals surface area contributed by atoms with Crippen LogP contribution in [-0.2, 0) is 13.1 Å². The molecule has 1 amide bonds. The van der Waals surface area contributed by atoms with Crippen LogP contribution in [0.4, 0.5) is 5.69 Å². The molecule has 0 radical (unpaired) electrons. The summed E-state index contributed by atoms with van der Waals surface area (Å²) in [7, 11) is 0. The van der Waals surface area contributed by atoms with Crippen LogP contribution in [0, 0.1) is 0 Å². The van der Waals surface area contributed by atoms with Gasteiger partial charge in [0.05, 0.1) is 18.4 Å². The van der Waals surface area contributed by atoms with Gasteiger partial charge in [-0.3, -0.25) is 4.79 Å². The number of carbonyl (C=O) groups is 1. The molecule has 4 rings (SSSR count). The zero-order valence-corrected chi connectivity index (χ0v) is 14.6. The van der Waals surface area contributed by atoms with Gasteiger partial charge in [0.1, 0.15) is 0 Å². The third-order valence-corrected chi connectivity index (χ3v) is 5.22. The van der Waals surface area contributed by atoms with E-state index in [1.165, 1.54) is 31.4 Å². The van der Waals surface area contributed by atoms with Crippen molar-refractivity contribution in [3.63, 3.8) is 0 Å². The van der Waals surface area contributed by atoms with Crippen molar-refractivity contribution in [1.82, 2.24) is 19.9 Å². The first-order chi connectivity index (χ1) is 12.3. The summed E-state index contributed by atoms with van der Waals surface area (Å²) < 4.78 is 1.90. The smallest absolute Gasteiger partial charge is 0.254 e. The fourth-order valence-corrected chi connectivity index (χ4v) is 3.78. The van der Waals surface area contributed by atoms with Gasteiger partial charge in [0, 0.05) is 37.4 Å². The Morgan fingerprint density at radius 3 is 2.40 bits per heavy atom. The van der Waals surface area contributed by atoms with Crippen molar-refractivity contribution >= 4 is 11.6 Å². The van der Waals surface area contributed by atoms with Gasteiger partial charge in [0.15, 0.2) is 0 Å². The van der Waals surface area contributed by atoms with Gasteiger partial charge in [0.2, 0.25) is 0 Å². The lowest BCUT2D eigenvalue weighted by atomic mass is 10.1. The zero-order chi connectivity index (χ0) is 17.1. The third-order valence-electron chi connectivity index (χ3n) is 5.22. The molecule has 0 N–H and O–H groups in total. The van der Waals surface area contributed by atoms with Crippen molar-refractivity contribution in [2.75, 3.05) is 24.5 Å². The molecule has 6 heteroatoms. The highest BCUT2D eigenvalue weighted by Crippen LogP contribution is 2.21. The summed E-state index contributed by atoms with van der Waals surface area (Å²) in [5.74, 6) is 0.0945.